The Morgan fingerprint density at radius 2 is 1.61 bits per heavy atom. The van der Waals surface area contributed by atoms with Crippen LogP contribution in [-0.4, -0.2) is 88.2 Å². The summed E-state index contributed by atoms with van der Waals surface area (Å²) in [4.78, 5) is 17.2. The number of fused-ring (bicyclic) bond motifs is 1. The van der Waals surface area contributed by atoms with E-state index in [0.717, 1.165) is 24.1 Å². The van der Waals surface area contributed by atoms with Crippen molar-refractivity contribution >= 4 is 15.9 Å². The number of carbonyl (C=O) groups excluding carboxylic acids is 1. The van der Waals surface area contributed by atoms with Gasteiger partial charge in [0.2, 0.25) is 15.9 Å². The van der Waals surface area contributed by atoms with Crippen molar-refractivity contribution in [2.45, 2.75) is 12.5 Å². The van der Waals surface area contributed by atoms with Gasteiger partial charge in [0, 0.05) is 32.7 Å². The third-order valence-corrected chi connectivity index (χ3v) is 7.79. The second-order valence-corrected chi connectivity index (χ2v) is 10.5. The Kier molecular flexibility index (Phi) is 6.92. The van der Waals surface area contributed by atoms with Crippen molar-refractivity contribution in [3.8, 4) is 11.5 Å². The number of carbonyl (C=O) groups is 1. The lowest BCUT2D eigenvalue weighted by Gasteiger charge is -2.40. The number of hydrogen-bond acceptors (Lipinski definition) is 6. The molecule has 0 aliphatic carbocycles. The molecule has 8 nitrogen and oxygen atoms in total. The SMILES string of the molecule is COc1cc2c(cc1OC)[C@H](c1ccccc1)N(CC(=O)N1CCN(S(C)(=O)=O)CC1)CC2. The van der Waals surface area contributed by atoms with Crippen LogP contribution in [0.5, 0.6) is 11.5 Å². The zero-order chi connectivity index (χ0) is 23.6. The molecule has 0 radical (unpaired) electrons. The van der Waals surface area contributed by atoms with Crippen LogP contribution in [0.25, 0.3) is 0 Å². The van der Waals surface area contributed by atoms with E-state index in [1.54, 1.807) is 19.1 Å². The molecule has 1 amide bonds. The Hall–Kier alpha value is -2.62. The van der Waals surface area contributed by atoms with Crippen LogP contribution in [0.3, 0.4) is 0 Å². The maximum Gasteiger partial charge on any atom is 0.236 e. The Morgan fingerprint density at radius 1 is 0.970 bits per heavy atom. The summed E-state index contributed by atoms with van der Waals surface area (Å²) in [5.41, 5.74) is 3.41. The highest BCUT2D eigenvalue weighted by Crippen LogP contribution is 2.40. The van der Waals surface area contributed by atoms with Crippen LogP contribution in [0.4, 0.5) is 0 Å². The van der Waals surface area contributed by atoms with Gasteiger partial charge in [-0.05, 0) is 35.2 Å². The van der Waals surface area contributed by atoms with Crippen molar-refractivity contribution in [2.75, 3.05) is 59.7 Å². The molecule has 178 valence electrons. The van der Waals surface area contributed by atoms with E-state index in [-0.39, 0.29) is 18.5 Å². The second-order valence-electron chi connectivity index (χ2n) is 8.48. The molecule has 1 saturated heterocycles. The Morgan fingerprint density at radius 3 is 2.21 bits per heavy atom. The minimum atomic E-state index is -3.23. The van der Waals surface area contributed by atoms with Crippen molar-refractivity contribution in [1.82, 2.24) is 14.1 Å². The van der Waals surface area contributed by atoms with Crippen LogP contribution in [0, 0.1) is 0 Å². The van der Waals surface area contributed by atoms with Gasteiger partial charge in [-0.2, -0.15) is 4.31 Å². The summed E-state index contributed by atoms with van der Waals surface area (Å²) < 4.78 is 36.1. The van der Waals surface area contributed by atoms with E-state index in [0.29, 0.717) is 37.7 Å². The van der Waals surface area contributed by atoms with Gasteiger partial charge in [0.05, 0.1) is 33.1 Å². The largest absolute Gasteiger partial charge is 0.493 e. The summed E-state index contributed by atoms with van der Waals surface area (Å²) >= 11 is 0. The first-order valence-corrected chi connectivity index (χ1v) is 12.9. The molecule has 2 aromatic carbocycles. The fourth-order valence-corrected chi connectivity index (χ4v) is 5.56. The fourth-order valence-electron chi connectivity index (χ4n) is 4.74. The molecule has 1 atom stereocenters. The average molecular weight is 474 g/mol. The molecule has 0 saturated carbocycles. The van der Waals surface area contributed by atoms with Gasteiger partial charge in [-0.1, -0.05) is 30.3 Å². The van der Waals surface area contributed by atoms with Crippen molar-refractivity contribution in [1.29, 1.82) is 0 Å². The molecular weight excluding hydrogens is 442 g/mol. The van der Waals surface area contributed by atoms with Crippen molar-refractivity contribution in [3.63, 3.8) is 0 Å². The molecule has 2 aliphatic rings. The molecule has 0 unspecified atom stereocenters. The molecule has 9 heteroatoms. The maximum absolute atomic E-state index is 13.2. The van der Waals surface area contributed by atoms with Gasteiger partial charge in [-0.15, -0.1) is 0 Å². The molecule has 0 spiro atoms. The molecule has 0 aromatic heterocycles. The minimum Gasteiger partial charge on any atom is -0.493 e. The molecule has 0 N–H and O–H groups in total. The minimum absolute atomic E-state index is 0.0213. The summed E-state index contributed by atoms with van der Waals surface area (Å²) in [6, 6.07) is 14.1. The number of ether oxygens (including phenoxy) is 2. The first kappa shape index (κ1) is 23.5. The van der Waals surface area contributed by atoms with Crippen molar-refractivity contribution < 1.29 is 22.7 Å². The number of amides is 1. The normalized spacial score (nSPS) is 19.7. The van der Waals surface area contributed by atoms with Crippen LogP contribution in [0.1, 0.15) is 22.7 Å². The predicted molar refractivity (Wildman–Crippen MR) is 126 cm³/mol. The lowest BCUT2D eigenvalue weighted by molar-refractivity contribution is -0.134. The summed E-state index contributed by atoms with van der Waals surface area (Å²) in [6.45, 7) is 2.51. The zero-order valence-electron chi connectivity index (χ0n) is 19.4. The third-order valence-electron chi connectivity index (χ3n) is 6.49. The van der Waals surface area contributed by atoms with Crippen molar-refractivity contribution in [2.24, 2.45) is 0 Å². The molecular formula is C24H31N3O5S. The topological polar surface area (TPSA) is 79.4 Å². The van der Waals surface area contributed by atoms with Gasteiger partial charge in [-0.25, -0.2) is 8.42 Å². The van der Waals surface area contributed by atoms with E-state index >= 15 is 0 Å². The van der Waals surface area contributed by atoms with Gasteiger partial charge in [0.25, 0.3) is 0 Å². The molecule has 2 aromatic rings. The quantitative estimate of drug-likeness (QED) is 0.636. The van der Waals surface area contributed by atoms with Gasteiger partial charge < -0.3 is 14.4 Å². The highest BCUT2D eigenvalue weighted by atomic mass is 32.2. The molecule has 0 bridgehead atoms. The van der Waals surface area contributed by atoms with E-state index in [1.165, 1.54) is 16.1 Å². The van der Waals surface area contributed by atoms with Crippen LogP contribution >= 0.6 is 0 Å². The molecule has 33 heavy (non-hydrogen) atoms. The average Bonchev–Trinajstić information content (AvgIpc) is 2.83. The summed E-state index contributed by atoms with van der Waals surface area (Å²) in [5.74, 6) is 1.39. The lowest BCUT2D eigenvalue weighted by atomic mass is 9.87. The molecule has 4 rings (SSSR count). The third kappa shape index (κ3) is 5.00. The Bertz CT molecular complexity index is 1100. The van der Waals surface area contributed by atoms with Crippen LogP contribution < -0.4 is 9.47 Å². The zero-order valence-corrected chi connectivity index (χ0v) is 20.2. The smallest absolute Gasteiger partial charge is 0.236 e. The standard InChI is InChI=1S/C24H31N3O5S/c1-31-21-15-19-9-10-26(17-23(28)25-11-13-27(14-12-25)33(3,29)30)24(18-7-5-4-6-8-18)20(19)16-22(21)32-2/h4-8,15-16,24H,9-14,17H2,1-3H3/t24-/m0/s1. The van der Waals surface area contributed by atoms with Crippen molar-refractivity contribution in [3.05, 3.63) is 59.2 Å². The van der Waals surface area contributed by atoms with E-state index in [9.17, 15) is 13.2 Å². The van der Waals surface area contributed by atoms with E-state index < -0.39 is 10.0 Å². The van der Waals surface area contributed by atoms with E-state index in [1.807, 2.05) is 30.3 Å². The van der Waals surface area contributed by atoms with Gasteiger partial charge in [0.1, 0.15) is 0 Å². The number of hydrogen-bond donors (Lipinski definition) is 0. The Labute approximate surface area is 195 Å². The lowest BCUT2D eigenvalue weighted by Crippen LogP contribution is -2.53. The van der Waals surface area contributed by atoms with Crippen LogP contribution in [0.2, 0.25) is 0 Å². The Balaban J connectivity index is 1.59. The predicted octanol–water partition coefficient (Wildman–Crippen LogP) is 1.76. The second kappa shape index (κ2) is 9.70. The highest BCUT2D eigenvalue weighted by Gasteiger charge is 2.33. The van der Waals surface area contributed by atoms with E-state index in [2.05, 4.69) is 17.0 Å². The van der Waals surface area contributed by atoms with Gasteiger partial charge in [-0.3, -0.25) is 9.69 Å². The van der Waals surface area contributed by atoms with Crippen LogP contribution in [0.15, 0.2) is 42.5 Å². The number of benzene rings is 2. The summed E-state index contributed by atoms with van der Waals surface area (Å²) in [5, 5.41) is 0. The van der Waals surface area contributed by atoms with Gasteiger partial charge >= 0.3 is 0 Å². The first-order valence-electron chi connectivity index (χ1n) is 11.1. The number of sulfonamides is 1. The number of nitrogens with zero attached hydrogens (tertiary/aromatic N) is 3. The van der Waals surface area contributed by atoms with Gasteiger partial charge in [0.15, 0.2) is 11.5 Å². The van der Waals surface area contributed by atoms with Crippen LogP contribution in [-0.2, 0) is 21.2 Å². The first-order chi connectivity index (χ1) is 15.8. The van der Waals surface area contributed by atoms with E-state index in [4.69, 9.17) is 9.47 Å². The maximum atomic E-state index is 13.2. The summed E-state index contributed by atoms with van der Waals surface area (Å²) in [6.07, 6.45) is 2.01. The molecule has 1 fully saturated rings. The fraction of sp³-hybridized carbons (Fsp3) is 0.458. The summed E-state index contributed by atoms with van der Waals surface area (Å²) in [7, 11) is 0.0322. The number of piperazine rings is 1. The number of methoxy groups -OCH3 is 2. The highest BCUT2D eigenvalue weighted by molar-refractivity contribution is 7.88. The molecule has 2 aliphatic heterocycles. The monoisotopic (exact) mass is 473 g/mol. The molecule has 2 heterocycles. The number of rotatable bonds is 6.